The summed E-state index contributed by atoms with van der Waals surface area (Å²) >= 11 is 6.13. The van der Waals surface area contributed by atoms with Crippen LogP contribution in [0.1, 0.15) is 54.6 Å². The summed E-state index contributed by atoms with van der Waals surface area (Å²) in [5, 5.41) is 3.73. The van der Waals surface area contributed by atoms with E-state index in [-0.39, 0.29) is 36.1 Å². The summed E-state index contributed by atoms with van der Waals surface area (Å²) in [6, 6.07) is 21.8. The maximum Gasteiger partial charge on any atom is 0.245 e. The van der Waals surface area contributed by atoms with Gasteiger partial charge in [-0.2, -0.15) is 0 Å². The summed E-state index contributed by atoms with van der Waals surface area (Å²) in [6.45, 7) is 9.79. The number of piperazine rings is 1. The van der Waals surface area contributed by atoms with E-state index in [0.717, 1.165) is 31.7 Å². The Labute approximate surface area is 271 Å². The number of carbonyl (C=O) groups is 2. The smallest absolute Gasteiger partial charge is 0.245 e. The van der Waals surface area contributed by atoms with Crippen LogP contribution in [-0.2, 0) is 22.6 Å². The van der Waals surface area contributed by atoms with Crippen molar-refractivity contribution in [3.8, 4) is 0 Å². The molecule has 3 unspecified atom stereocenters. The Bertz CT molecular complexity index is 1440. The maximum atomic E-state index is 15.0. The largest absolute Gasteiger partial charge is 0.344 e. The van der Waals surface area contributed by atoms with E-state index in [1.54, 1.807) is 6.07 Å². The molecule has 2 amide bonds. The van der Waals surface area contributed by atoms with E-state index in [2.05, 4.69) is 46.0 Å². The molecular weight excluding hydrogens is 589 g/mol. The van der Waals surface area contributed by atoms with Crippen molar-refractivity contribution < 1.29 is 14.0 Å². The van der Waals surface area contributed by atoms with Crippen LogP contribution < -0.4 is 5.32 Å². The minimum Gasteiger partial charge on any atom is -0.344 e. The Balaban J connectivity index is 1.29. The highest BCUT2D eigenvalue weighted by molar-refractivity contribution is 6.30. The number of carbonyl (C=O) groups excluding carboxylic acids is 2. The van der Waals surface area contributed by atoms with Gasteiger partial charge in [0.1, 0.15) is 11.9 Å². The van der Waals surface area contributed by atoms with Gasteiger partial charge in [0, 0.05) is 68.7 Å². The van der Waals surface area contributed by atoms with Crippen LogP contribution in [0.3, 0.4) is 0 Å². The molecule has 7 nitrogen and oxygen atoms in total. The van der Waals surface area contributed by atoms with Gasteiger partial charge in [0.2, 0.25) is 11.8 Å². The Morgan fingerprint density at radius 1 is 0.956 bits per heavy atom. The number of hydrogen-bond donors (Lipinski definition) is 1. The molecule has 0 radical (unpaired) electrons. The van der Waals surface area contributed by atoms with Crippen LogP contribution >= 0.6 is 11.6 Å². The molecule has 0 saturated carbocycles. The number of fused-ring (bicyclic) bond motifs is 1. The lowest BCUT2D eigenvalue weighted by molar-refractivity contribution is -0.138. The molecule has 2 heterocycles. The molecule has 3 atom stereocenters. The minimum absolute atomic E-state index is 0.0304. The van der Waals surface area contributed by atoms with Crippen LogP contribution in [0, 0.1) is 5.82 Å². The molecule has 0 spiro atoms. The molecule has 5 rings (SSSR count). The van der Waals surface area contributed by atoms with E-state index in [4.69, 9.17) is 11.6 Å². The van der Waals surface area contributed by atoms with Gasteiger partial charge in [0.15, 0.2) is 0 Å². The maximum absolute atomic E-state index is 15.0. The van der Waals surface area contributed by atoms with Crippen molar-refractivity contribution >= 4 is 23.4 Å². The fourth-order valence-electron chi connectivity index (χ4n) is 6.73. The number of likely N-dealkylation sites (N-methyl/N-ethyl adjacent to an activating group) is 1. The number of halogens is 2. The topological polar surface area (TPSA) is 59.1 Å². The van der Waals surface area contributed by atoms with Crippen LogP contribution in [0.15, 0.2) is 72.8 Å². The Kier molecular flexibility index (Phi) is 11.3. The van der Waals surface area contributed by atoms with E-state index in [1.165, 1.54) is 17.2 Å². The van der Waals surface area contributed by atoms with Crippen LogP contribution in [0.4, 0.5) is 4.39 Å². The van der Waals surface area contributed by atoms with E-state index in [9.17, 15) is 9.59 Å². The van der Waals surface area contributed by atoms with E-state index < -0.39 is 6.04 Å². The van der Waals surface area contributed by atoms with Gasteiger partial charge in [-0.1, -0.05) is 80.0 Å². The van der Waals surface area contributed by atoms with Crippen LogP contribution in [0.25, 0.3) is 0 Å². The van der Waals surface area contributed by atoms with Gasteiger partial charge >= 0.3 is 0 Å². The first-order chi connectivity index (χ1) is 21.8. The molecule has 2 aliphatic heterocycles. The molecule has 0 aromatic heterocycles. The summed E-state index contributed by atoms with van der Waals surface area (Å²) < 4.78 is 15.0. The van der Waals surface area contributed by atoms with Gasteiger partial charge in [0.25, 0.3) is 0 Å². The summed E-state index contributed by atoms with van der Waals surface area (Å²) in [5.74, 6) is -0.438. The fraction of sp³-hybridized carbons (Fsp3) is 0.444. The van der Waals surface area contributed by atoms with Gasteiger partial charge in [-0.15, -0.1) is 0 Å². The van der Waals surface area contributed by atoms with Gasteiger partial charge in [-0.3, -0.25) is 19.4 Å². The van der Waals surface area contributed by atoms with Crippen LogP contribution in [-0.4, -0.2) is 90.3 Å². The van der Waals surface area contributed by atoms with E-state index in [1.807, 2.05) is 60.5 Å². The lowest BCUT2D eigenvalue weighted by Crippen LogP contribution is -2.56. The summed E-state index contributed by atoms with van der Waals surface area (Å²) in [4.78, 5) is 36.2. The molecule has 0 aliphatic carbocycles. The van der Waals surface area contributed by atoms with E-state index >= 15 is 4.39 Å². The van der Waals surface area contributed by atoms with Crippen molar-refractivity contribution in [1.82, 2.24) is 24.9 Å². The predicted molar refractivity (Wildman–Crippen MR) is 177 cm³/mol. The second-order valence-electron chi connectivity index (χ2n) is 12.2. The van der Waals surface area contributed by atoms with Gasteiger partial charge < -0.3 is 15.1 Å². The third-order valence-electron chi connectivity index (χ3n) is 9.39. The van der Waals surface area contributed by atoms with Crippen molar-refractivity contribution in [2.45, 2.75) is 51.4 Å². The Hall–Kier alpha value is -3.30. The third-order valence-corrected chi connectivity index (χ3v) is 9.64. The number of nitrogens with zero attached hydrogens (tertiary/aromatic N) is 4. The quantitative estimate of drug-likeness (QED) is 0.293. The number of nitrogens with one attached hydrogen (secondary N) is 1. The molecule has 3 aromatic carbocycles. The van der Waals surface area contributed by atoms with Crippen molar-refractivity contribution in [2.24, 2.45) is 0 Å². The lowest BCUT2D eigenvalue weighted by atomic mass is 10.0. The van der Waals surface area contributed by atoms with Crippen molar-refractivity contribution in [3.05, 3.63) is 106 Å². The predicted octanol–water partition coefficient (Wildman–Crippen LogP) is 5.31. The number of benzene rings is 3. The molecule has 45 heavy (non-hydrogen) atoms. The molecule has 240 valence electrons. The first-order valence-electron chi connectivity index (χ1n) is 16.1. The number of hydrogen-bond acceptors (Lipinski definition) is 5. The minimum atomic E-state index is -0.704. The molecule has 3 aromatic rings. The van der Waals surface area contributed by atoms with Gasteiger partial charge in [-0.05, 0) is 55.0 Å². The lowest BCUT2D eigenvalue weighted by Gasteiger charge is -2.42. The summed E-state index contributed by atoms with van der Waals surface area (Å²) in [5.41, 5.74) is 4.02. The zero-order valence-corrected chi connectivity index (χ0v) is 27.3. The first-order valence-corrected chi connectivity index (χ1v) is 16.5. The molecule has 1 saturated heterocycles. The summed E-state index contributed by atoms with van der Waals surface area (Å²) in [7, 11) is 2.03. The average Bonchev–Trinajstić information content (AvgIpc) is 3.37. The highest BCUT2D eigenvalue weighted by atomic mass is 35.5. The highest BCUT2D eigenvalue weighted by Crippen LogP contribution is 2.34. The van der Waals surface area contributed by atoms with E-state index in [0.29, 0.717) is 43.2 Å². The van der Waals surface area contributed by atoms with Crippen molar-refractivity contribution in [1.29, 1.82) is 0 Å². The zero-order valence-electron chi connectivity index (χ0n) is 26.6. The first kappa shape index (κ1) is 33.1. The van der Waals surface area contributed by atoms with Crippen LogP contribution in [0.2, 0.25) is 5.02 Å². The molecule has 0 bridgehead atoms. The van der Waals surface area contributed by atoms with Gasteiger partial charge in [0.05, 0.1) is 6.04 Å². The second-order valence-corrected chi connectivity index (χ2v) is 12.6. The number of amides is 2. The van der Waals surface area contributed by atoms with Crippen molar-refractivity contribution in [3.63, 3.8) is 0 Å². The second kappa shape index (κ2) is 15.3. The molecule has 2 aliphatic rings. The standard InChI is InChI=1S/C36H45ClFN5O2/c1-4-41(5-2)25-34(30-12-8-9-13-31(30)38)42-18-20-43(21-19-42)36(45)32(22-26-14-16-28(37)17-15-26)39-35(44)23-33-29-11-7-6-10-27(29)24-40(33)3/h6-17,32-34H,4-5,18-25H2,1-3H3,(H,39,44). The monoisotopic (exact) mass is 633 g/mol. The van der Waals surface area contributed by atoms with Crippen molar-refractivity contribution in [2.75, 3.05) is 52.9 Å². The van der Waals surface area contributed by atoms with Crippen LogP contribution in [0.5, 0.6) is 0 Å². The molecule has 1 N–H and O–H groups in total. The highest BCUT2D eigenvalue weighted by Gasteiger charge is 2.34. The number of rotatable bonds is 12. The third kappa shape index (κ3) is 8.11. The fourth-order valence-corrected chi connectivity index (χ4v) is 6.85. The average molecular weight is 634 g/mol. The molecule has 9 heteroatoms. The zero-order chi connectivity index (χ0) is 31.9. The normalized spacial score (nSPS) is 18.5. The Morgan fingerprint density at radius 2 is 1.62 bits per heavy atom. The summed E-state index contributed by atoms with van der Waals surface area (Å²) in [6.07, 6.45) is 0.653. The SMILES string of the molecule is CCN(CC)CC(c1ccccc1F)N1CCN(C(=O)C(Cc2ccc(Cl)cc2)NC(=O)CC2c3ccccc3CN2C)CC1. The van der Waals surface area contributed by atoms with Gasteiger partial charge in [-0.25, -0.2) is 4.39 Å². The Morgan fingerprint density at radius 3 is 2.31 bits per heavy atom. The molecular formula is C36H45ClFN5O2. The molecule has 1 fully saturated rings.